The summed E-state index contributed by atoms with van der Waals surface area (Å²) in [7, 11) is 0. The monoisotopic (exact) mass is 347 g/mol. The van der Waals surface area contributed by atoms with Crippen LogP contribution in [0.4, 0.5) is 4.79 Å². The summed E-state index contributed by atoms with van der Waals surface area (Å²) in [5.41, 5.74) is 3.33. The van der Waals surface area contributed by atoms with Gasteiger partial charge < -0.3 is 10.6 Å². The van der Waals surface area contributed by atoms with Gasteiger partial charge in [-0.15, -0.1) is 0 Å². The lowest BCUT2D eigenvalue weighted by atomic mass is 10.1. The second-order valence-electron chi connectivity index (χ2n) is 6.61. The van der Waals surface area contributed by atoms with Gasteiger partial charge in [0.25, 0.3) is 0 Å². The Bertz CT molecular complexity index is 863. The molecule has 1 fully saturated rings. The summed E-state index contributed by atoms with van der Waals surface area (Å²) >= 11 is 0. The Morgan fingerprint density at radius 1 is 1.12 bits per heavy atom. The summed E-state index contributed by atoms with van der Waals surface area (Å²) in [5, 5.41) is 12.6. The highest BCUT2D eigenvalue weighted by molar-refractivity contribution is 5.74. The molecule has 132 valence electrons. The van der Waals surface area contributed by atoms with E-state index in [1.54, 1.807) is 0 Å². The Kier molecular flexibility index (Phi) is 4.64. The number of benzene rings is 2. The molecular formula is C20H21N5O. The molecule has 1 aliphatic carbocycles. The summed E-state index contributed by atoms with van der Waals surface area (Å²) in [6.07, 6.45) is 2.62. The number of H-pyrrole nitrogens is 1. The van der Waals surface area contributed by atoms with Crippen molar-refractivity contribution in [2.45, 2.75) is 18.9 Å². The molecule has 4 rings (SSSR count). The first-order chi connectivity index (χ1) is 12.8. The van der Waals surface area contributed by atoms with Crippen LogP contribution >= 0.6 is 0 Å². The highest BCUT2D eigenvalue weighted by Gasteiger charge is 2.37. The van der Waals surface area contributed by atoms with E-state index in [0.717, 1.165) is 23.4 Å². The predicted octanol–water partition coefficient (Wildman–Crippen LogP) is 3.07. The maximum atomic E-state index is 12.1. The number of urea groups is 1. The van der Waals surface area contributed by atoms with Gasteiger partial charge in [-0.1, -0.05) is 48.5 Å². The number of hydrogen-bond acceptors (Lipinski definition) is 3. The van der Waals surface area contributed by atoms with E-state index in [-0.39, 0.29) is 6.03 Å². The van der Waals surface area contributed by atoms with Gasteiger partial charge in [0, 0.05) is 18.7 Å². The van der Waals surface area contributed by atoms with Crippen molar-refractivity contribution in [3.63, 3.8) is 0 Å². The van der Waals surface area contributed by atoms with Crippen LogP contribution < -0.4 is 10.6 Å². The first kappa shape index (κ1) is 16.3. The van der Waals surface area contributed by atoms with E-state index in [1.807, 2.05) is 30.3 Å². The molecule has 2 amide bonds. The van der Waals surface area contributed by atoms with Crippen molar-refractivity contribution in [3.05, 3.63) is 72.1 Å². The molecule has 6 nitrogen and oxygen atoms in total. The van der Waals surface area contributed by atoms with Crippen LogP contribution in [0.2, 0.25) is 0 Å². The Morgan fingerprint density at radius 3 is 2.81 bits per heavy atom. The average molecular weight is 347 g/mol. The molecule has 26 heavy (non-hydrogen) atoms. The fourth-order valence-corrected chi connectivity index (χ4v) is 3.22. The Labute approximate surface area is 152 Å². The minimum absolute atomic E-state index is 0.131. The summed E-state index contributed by atoms with van der Waals surface area (Å²) < 4.78 is 0. The molecule has 2 atom stereocenters. The standard InChI is InChI=1S/C20H21N5O/c26-20(22-12-17-10-18(17)15-6-2-1-3-7-15)21-11-14-5-4-8-16(9-14)19-23-13-24-25-19/h1-9,13,17-18H,10-12H2,(H2,21,22,26)(H,23,24,25)/t17-,18-/m1/s1. The topological polar surface area (TPSA) is 82.7 Å². The fourth-order valence-electron chi connectivity index (χ4n) is 3.22. The molecule has 1 aromatic heterocycles. The molecule has 0 saturated heterocycles. The van der Waals surface area contributed by atoms with Crippen LogP contribution in [0.3, 0.4) is 0 Å². The van der Waals surface area contributed by atoms with Crippen molar-refractivity contribution in [1.82, 2.24) is 25.8 Å². The molecule has 0 radical (unpaired) electrons. The quantitative estimate of drug-likeness (QED) is 0.641. The SMILES string of the molecule is O=C(NCc1cccc(-c2ncn[nH]2)c1)NC[C@H]1C[C@@H]1c1ccccc1. The van der Waals surface area contributed by atoms with Crippen molar-refractivity contribution < 1.29 is 4.79 Å². The molecule has 1 heterocycles. The summed E-state index contributed by atoms with van der Waals surface area (Å²) in [4.78, 5) is 16.2. The van der Waals surface area contributed by atoms with Crippen LogP contribution in [0.5, 0.6) is 0 Å². The number of amides is 2. The third-order valence-electron chi connectivity index (χ3n) is 4.74. The van der Waals surface area contributed by atoms with E-state index in [2.05, 4.69) is 50.1 Å². The van der Waals surface area contributed by atoms with E-state index in [4.69, 9.17) is 0 Å². The number of rotatable bonds is 6. The molecule has 1 aliphatic rings. The van der Waals surface area contributed by atoms with E-state index in [9.17, 15) is 4.79 Å². The largest absolute Gasteiger partial charge is 0.338 e. The summed E-state index contributed by atoms with van der Waals surface area (Å²) in [6.45, 7) is 1.18. The summed E-state index contributed by atoms with van der Waals surface area (Å²) in [6, 6.07) is 18.2. The predicted molar refractivity (Wildman–Crippen MR) is 99.3 cm³/mol. The maximum absolute atomic E-state index is 12.1. The second kappa shape index (κ2) is 7.39. The molecule has 2 aromatic carbocycles. The fraction of sp³-hybridized carbons (Fsp3) is 0.250. The van der Waals surface area contributed by atoms with Crippen molar-refractivity contribution in [3.8, 4) is 11.4 Å². The average Bonchev–Trinajstić information content (AvgIpc) is 3.26. The first-order valence-corrected chi connectivity index (χ1v) is 8.81. The molecule has 0 spiro atoms. The number of hydrogen-bond donors (Lipinski definition) is 3. The van der Waals surface area contributed by atoms with Crippen molar-refractivity contribution in [2.75, 3.05) is 6.54 Å². The van der Waals surface area contributed by atoms with Crippen LogP contribution in [0.25, 0.3) is 11.4 Å². The molecule has 3 aromatic rings. The molecule has 3 N–H and O–H groups in total. The molecule has 6 heteroatoms. The molecular weight excluding hydrogens is 326 g/mol. The Balaban J connectivity index is 1.23. The highest BCUT2D eigenvalue weighted by Crippen LogP contribution is 2.46. The maximum Gasteiger partial charge on any atom is 0.315 e. The lowest BCUT2D eigenvalue weighted by Crippen LogP contribution is -2.36. The first-order valence-electron chi connectivity index (χ1n) is 8.81. The molecule has 0 unspecified atom stereocenters. The Hall–Kier alpha value is -3.15. The van der Waals surface area contributed by atoms with Crippen LogP contribution in [0.15, 0.2) is 60.9 Å². The summed E-state index contributed by atoms with van der Waals surface area (Å²) in [5.74, 6) is 1.84. The second-order valence-corrected chi connectivity index (χ2v) is 6.61. The minimum atomic E-state index is -0.131. The molecule has 0 aliphatic heterocycles. The van der Waals surface area contributed by atoms with Gasteiger partial charge in [0.05, 0.1) is 0 Å². The van der Waals surface area contributed by atoms with Crippen LogP contribution in [0.1, 0.15) is 23.5 Å². The zero-order valence-electron chi connectivity index (χ0n) is 14.4. The van der Waals surface area contributed by atoms with Crippen molar-refractivity contribution in [1.29, 1.82) is 0 Å². The van der Waals surface area contributed by atoms with Gasteiger partial charge in [-0.2, -0.15) is 5.10 Å². The molecule has 0 bridgehead atoms. The van der Waals surface area contributed by atoms with Crippen molar-refractivity contribution >= 4 is 6.03 Å². The van der Waals surface area contributed by atoms with Crippen LogP contribution in [-0.2, 0) is 6.54 Å². The van der Waals surface area contributed by atoms with Gasteiger partial charge in [0.1, 0.15) is 6.33 Å². The van der Waals surface area contributed by atoms with Gasteiger partial charge in [0.15, 0.2) is 5.82 Å². The lowest BCUT2D eigenvalue weighted by molar-refractivity contribution is 0.240. The van der Waals surface area contributed by atoms with Gasteiger partial charge in [-0.25, -0.2) is 9.78 Å². The highest BCUT2D eigenvalue weighted by atomic mass is 16.2. The van der Waals surface area contributed by atoms with Gasteiger partial charge in [-0.05, 0) is 35.4 Å². The number of nitrogens with zero attached hydrogens (tertiary/aromatic N) is 2. The lowest BCUT2D eigenvalue weighted by Gasteiger charge is -2.08. The number of nitrogens with one attached hydrogen (secondary N) is 3. The third-order valence-corrected chi connectivity index (χ3v) is 4.74. The van der Waals surface area contributed by atoms with Crippen LogP contribution in [0, 0.1) is 5.92 Å². The van der Waals surface area contributed by atoms with E-state index in [1.165, 1.54) is 11.9 Å². The van der Waals surface area contributed by atoms with Gasteiger partial charge in [0.2, 0.25) is 0 Å². The smallest absolute Gasteiger partial charge is 0.315 e. The van der Waals surface area contributed by atoms with Gasteiger partial charge in [-0.3, -0.25) is 5.10 Å². The van der Waals surface area contributed by atoms with E-state index in [0.29, 0.717) is 24.9 Å². The number of carbonyl (C=O) groups is 1. The van der Waals surface area contributed by atoms with Crippen LogP contribution in [-0.4, -0.2) is 27.8 Å². The third kappa shape index (κ3) is 3.91. The van der Waals surface area contributed by atoms with E-state index >= 15 is 0 Å². The Morgan fingerprint density at radius 2 is 2.00 bits per heavy atom. The van der Waals surface area contributed by atoms with Crippen molar-refractivity contribution in [2.24, 2.45) is 5.92 Å². The zero-order valence-corrected chi connectivity index (χ0v) is 14.4. The number of carbonyl (C=O) groups excluding carboxylic acids is 1. The van der Waals surface area contributed by atoms with E-state index < -0.39 is 0 Å². The number of aromatic amines is 1. The number of aromatic nitrogens is 3. The normalized spacial score (nSPS) is 18.3. The minimum Gasteiger partial charge on any atom is -0.338 e. The molecule has 1 saturated carbocycles. The zero-order chi connectivity index (χ0) is 17.8. The van der Waals surface area contributed by atoms with Gasteiger partial charge >= 0.3 is 6.03 Å².